The Balaban J connectivity index is 1.49. The van der Waals surface area contributed by atoms with Gasteiger partial charge in [-0.2, -0.15) is 0 Å². The van der Waals surface area contributed by atoms with E-state index in [1.54, 1.807) is 6.92 Å². The first-order valence-corrected chi connectivity index (χ1v) is 9.32. The highest BCUT2D eigenvalue weighted by atomic mass is 32.1. The van der Waals surface area contributed by atoms with Crippen LogP contribution in [0.15, 0.2) is 54.6 Å². The highest BCUT2D eigenvalue weighted by molar-refractivity contribution is 7.18. The second-order valence-corrected chi connectivity index (χ2v) is 7.43. The number of ether oxygens (including phenoxy) is 1. The highest BCUT2D eigenvalue weighted by Gasteiger charge is 2.29. The molecule has 0 aliphatic heterocycles. The zero-order valence-electron chi connectivity index (χ0n) is 14.6. The van der Waals surface area contributed by atoms with Crippen LogP contribution in [0, 0.1) is 6.92 Å². The van der Waals surface area contributed by atoms with Crippen LogP contribution < -0.4 is 5.32 Å². The number of thiophene rings is 1. The third-order valence-corrected chi connectivity index (χ3v) is 5.83. The summed E-state index contributed by atoms with van der Waals surface area (Å²) in [6.45, 7) is 1.97. The van der Waals surface area contributed by atoms with Crippen LogP contribution >= 0.6 is 11.3 Å². The van der Waals surface area contributed by atoms with Crippen molar-refractivity contribution in [2.75, 3.05) is 11.9 Å². The van der Waals surface area contributed by atoms with Crippen LogP contribution in [0.4, 0.5) is 9.80 Å². The first-order chi connectivity index (χ1) is 13.0. The van der Waals surface area contributed by atoms with Crippen LogP contribution in [0.3, 0.4) is 0 Å². The average Bonchev–Trinajstić information content (AvgIpc) is 3.19. The van der Waals surface area contributed by atoms with Crippen molar-refractivity contribution in [3.05, 3.63) is 76.2 Å². The topological polar surface area (TPSA) is 75.6 Å². The van der Waals surface area contributed by atoms with Gasteiger partial charge in [0.15, 0.2) is 0 Å². The van der Waals surface area contributed by atoms with Crippen LogP contribution in [-0.2, 0) is 4.74 Å². The maximum Gasteiger partial charge on any atom is 0.412 e. The minimum absolute atomic E-state index is 0.0119. The number of anilines is 1. The number of carboxylic acids is 1. The molecule has 0 bridgehead atoms. The van der Waals surface area contributed by atoms with Crippen molar-refractivity contribution in [3.8, 4) is 11.1 Å². The smallest absolute Gasteiger partial charge is 0.412 e. The number of rotatable bonds is 4. The van der Waals surface area contributed by atoms with Gasteiger partial charge in [-0.3, -0.25) is 5.32 Å². The highest BCUT2D eigenvalue weighted by Crippen LogP contribution is 2.44. The number of fused-ring (bicyclic) bond motifs is 3. The number of carbonyl (C=O) groups excluding carboxylic acids is 1. The Bertz CT molecular complexity index is 995. The zero-order chi connectivity index (χ0) is 19.0. The molecule has 136 valence electrons. The van der Waals surface area contributed by atoms with Gasteiger partial charge >= 0.3 is 12.1 Å². The van der Waals surface area contributed by atoms with E-state index in [2.05, 4.69) is 29.6 Å². The second kappa shape index (κ2) is 6.89. The van der Waals surface area contributed by atoms with E-state index in [-0.39, 0.29) is 17.4 Å². The van der Waals surface area contributed by atoms with Crippen LogP contribution in [0.5, 0.6) is 0 Å². The number of amides is 1. The molecule has 1 aromatic heterocycles. The molecule has 1 aliphatic rings. The summed E-state index contributed by atoms with van der Waals surface area (Å²) in [6.07, 6.45) is -0.584. The Morgan fingerprint density at radius 1 is 1.07 bits per heavy atom. The van der Waals surface area contributed by atoms with Crippen molar-refractivity contribution in [3.63, 3.8) is 0 Å². The minimum atomic E-state index is -1.01. The molecule has 0 saturated heterocycles. The SMILES string of the molecule is Cc1cc(C(=O)O)sc1NC(=O)OCC1c2ccccc2-c2ccccc21. The van der Waals surface area contributed by atoms with E-state index in [0.29, 0.717) is 10.6 Å². The summed E-state index contributed by atoms with van der Waals surface area (Å²) in [6, 6.07) is 17.8. The first-order valence-electron chi connectivity index (χ1n) is 8.50. The molecule has 0 radical (unpaired) electrons. The lowest BCUT2D eigenvalue weighted by Crippen LogP contribution is -2.17. The molecule has 5 nitrogen and oxygen atoms in total. The van der Waals surface area contributed by atoms with E-state index in [0.717, 1.165) is 22.5 Å². The number of aryl methyl sites for hydroxylation is 1. The summed E-state index contributed by atoms with van der Waals surface area (Å²) in [5.74, 6) is -1.02. The molecule has 0 spiro atoms. The first kappa shape index (κ1) is 17.3. The molecule has 1 aliphatic carbocycles. The molecule has 0 saturated carbocycles. The van der Waals surface area contributed by atoms with Gasteiger partial charge in [-0.1, -0.05) is 48.5 Å². The Labute approximate surface area is 160 Å². The molecule has 1 amide bonds. The van der Waals surface area contributed by atoms with Crippen molar-refractivity contribution in [2.24, 2.45) is 0 Å². The molecule has 27 heavy (non-hydrogen) atoms. The predicted molar refractivity (Wildman–Crippen MR) is 105 cm³/mol. The van der Waals surface area contributed by atoms with Crippen molar-refractivity contribution < 1.29 is 19.4 Å². The summed E-state index contributed by atoms with van der Waals surface area (Å²) in [7, 11) is 0. The van der Waals surface area contributed by atoms with Gasteiger partial charge in [0.25, 0.3) is 0 Å². The van der Waals surface area contributed by atoms with E-state index in [1.165, 1.54) is 17.2 Å². The summed E-state index contributed by atoms with van der Waals surface area (Å²) >= 11 is 1.02. The van der Waals surface area contributed by atoms with E-state index in [4.69, 9.17) is 9.84 Å². The summed E-state index contributed by atoms with van der Waals surface area (Å²) < 4.78 is 5.48. The van der Waals surface area contributed by atoms with Gasteiger partial charge in [0.2, 0.25) is 0 Å². The number of hydrogen-bond donors (Lipinski definition) is 2. The van der Waals surface area contributed by atoms with Gasteiger partial charge < -0.3 is 9.84 Å². The molecule has 2 aromatic carbocycles. The molecule has 3 aromatic rings. The molecule has 2 N–H and O–H groups in total. The summed E-state index contributed by atoms with van der Waals surface area (Å²) in [5.41, 5.74) is 5.33. The number of aromatic carboxylic acids is 1. The standard InChI is InChI=1S/C21H17NO4S/c1-12-10-18(20(23)24)27-19(12)22-21(25)26-11-17-15-8-4-2-6-13(15)14-7-3-5-9-16(14)17/h2-10,17H,11H2,1H3,(H,22,25)(H,23,24). The van der Waals surface area contributed by atoms with Crippen LogP contribution in [0.1, 0.15) is 32.3 Å². The zero-order valence-corrected chi connectivity index (χ0v) is 15.4. The lowest BCUT2D eigenvalue weighted by Gasteiger charge is -2.14. The van der Waals surface area contributed by atoms with Gasteiger partial charge in [0.1, 0.15) is 16.5 Å². The molecule has 4 rings (SSSR count). The quantitative estimate of drug-likeness (QED) is 0.660. The number of nitrogens with one attached hydrogen (secondary N) is 1. The van der Waals surface area contributed by atoms with Gasteiger partial charge in [0, 0.05) is 5.92 Å². The van der Waals surface area contributed by atoms with Crippen LogP contribution in [0.25, 0.3) is 11.1 Å². The number of benzene rings is 2. The monoisotopic (exact) mass is 379 g/mol. The lowest BCUT2D eigenvalue weighted by atomic mass is 9.98. The maximum absolute atomic E-state index is 12.3. The Hall–Kier alpha value is -3.12. The maximum atomic E-state index is 12.3. The number of hydrogen-bond acceptors (Lipinski definition) is 4. The Morgan fingerprint density at radius 3 is 2.22 bits per heavy atom. The van der Waals surface area contributed by atoms with Crippen molar-refractivity contribution in [2.45, 2.75) is 12.8 Å². The van der Waals surface area contributed by atoms with Gasteiger partial charge in [-0.25, -0.2) is 9.59 Å². The molecule has 0 fully saturated rings. The fourth-order valence-corrected chi connectivity index (χ4v) is 4.34. The van der Waals surface area contributed by atoms with E-state index < -0.39 is 12.1 Å². The average molecular weight is 379 g/mol. The third kappa shape index (κ3) is 3.19. The van der Waals surface area contributed by atoms with Crippen molar-refractivity contribution in [1.82, 2.24) is 0 Å². The van der Waals surface area contributed by atoms with E-state index in [9.17, 15) is 9.59 Å². The Kier molecular flexibility index (Phi) is 4.41. The van der Waals surface area contributed by atoms with Crippen LogP contribution in [0.2, 0.25) is 0 Å². The Morgan fingerprint density at radius 2 is 1.67 bits per heavy atom. The molecule has 6 heteroatoms. The molecule has 0 unspecified atom stereocenters. The van der Waals surface area contributed by atoms with Gasteiger partial charge in [-0.05, 0) is 40.8 Å². The molecule has 1 heterocycles. The minimum Gasteiger partial charge on any atom is -0.477 e. The summed E-state index contributed by atoms with van der Waals surface area (Å²) in [4.78, 5) is 23.5. The second-order valence-electron chi connectivity index (χ2n) is 6.38. The molecular weight excluding hydrogens is 362 g/mol. The normalized spacial score (nSPS) is 12.3. The fraction of sp³-hybridized carbons (Fsp3) is 0.143. The van der Waals surface area contributed by atoms with E-state index in [1.807, 2.05) is 24.3 Å². The summed E-state index contributed by atoms with van der Waals surface area (Å²) in [5, 5.41) is 12.2. The fourth-order valence-electron chi connectivity index (χ4n) is 3.44. The predicted octanol–water partition coefficient (Wildman–Crippen LogP) is 5.12. The van der Waals surface area contributed by atoms with Crippen molar-refractivity contribution in [1.29, 1.82) is 0 Å². The molecule has 0 atom stereocenters. The molecular formula is C21H17NO4S. The van der Waals surface area contributed by atoms with Crippen molar-refractivity contribution >= 4 is 28.4 Å². The number of carboxylic acid groups (broad SMARTS) is 1. The largest absolute Gasteiger partial charge is 0.477 e. The van der Waals surface area contributed by atoms with Gasteiger partial charge in [-0.15, -0.1) is 11.3 Å². The lowest BCUT2D eigenvalue weighted by molar-refractivity contribution is 0.0702. The number of carbonyl (C=O) groups is 2. The van der Waals surface area contributed by atoms with Gasteiger partial charge in [0.05, 0.1) is 0 Å². The third-order valence-electron chi connectivity index (χ3n) is 4.69. The van der Waals surface area contributed by atoms with Crippen LogP contribution in [-0.4, -0.2) is 23.8 Å². The van der Waals surface area contributed by atoms with E-state index >= 15 is 0 Å².